The SMILES string of the molecule is Cc1cc(C)nc(SCc2cncc(-c3cccnc3)c2)n1. The molecule has 3 aromatic heterocycles. The highest BCUT2D eigenvalue weighted by atomic mass is 32.2. The minimum absolute atomic E-state index is 0.796. The Bertz CT molecular complexity index is 754. The highest BCUT2D eigenvalue weighted by Crippen LogP contribution is 2.23. The lowest BCUT2D eigenvalue weighted by atomic mass is 10.1. The Labute approximate surface area is 134 Å². The fraction of sp³-hybridized carbons (Fsp3) is 0.176. The number of hydrogen-bond acceptors (Lipinski definition) is 5. The molecule has 3 heterocycles. The molecule has 22 heavy (non-hydrogen) atoms. The van der Waals surface area contributed by atoms with Crippen molar-refractivity contribution < 1.29 is 0 Å². The first-order valence-electron chi connectivity index (χ1n) is 7.00. The predicted octanol–water partition coefficient (Wildman–Crippen LogP) is 3.84. The summed E-state index contributed by atoms with van der Waals surface area (Å²) in [6.07, 6.45) is 7.36. The van der Waals surface area contributed by atoms with E-state index >= 15 is 0 Å². The first-order valence-corrected chi connectivity index (χ1v) is 7.99. The molecule has 0 amide bonds. The van der Waals surface area contributed by atoms with Crippen molar-refractivity contribution in [1.82, 2.24) is 19.9 Å². The van der Waals surface area contributed by atoms with Crippen LogP contribution in [0.15, 0.2) is 54.2 Å². The minimum Gasteiger partial charge on any atom is -0.264 e. The van der Waals surface area contributed by atoms with Gasteiger partial charge < -0.3 is 0 Å². The van der Waals surface area contributed by atoms with Crippen LogP contribution in [0.5, 0.6) is 0 Å². The lowest BCUT2D eigenvalue weighted by Crippen LogP contribution is -1.93. The average Bonchev–Trinajstić information content (AvgIpc) is 2.53. The first-order chi connectivity index (χ1) is 10.7. The Morgan fingerprint density at radius 3 is 2.41 bits per heavy atom. The van der Waals surface area contributed by atoms with Crippen LogP contribution in [0.1, 0.15) is 17.0 Å². The molecule has 0 radical (unpaired) electrons. The minimum atomic E-state index is 0.796. The molecule has 0 bridgehead atoms. The molecule has 5 heteroatoms. The average molecular weight is 308 g/mol. The Kier molecular flexibility index (Phi) is 4.44. The third-order valence-electron chi connectivity index (χ3n) is 3.12. The van der Waals surface area contributed by atoms with E-state index in [9.17, 15) is 0 Å². The summed E-state index contributed by atoms with van der Waals surface area (Å²) in [5.74, 6) is 0.796. The van der Waals surface area contributed by atoms with Gasteiger partial charge in [0.15, 0.2) is 5.16 Å². The zero-order chi connectivity index (χ0) is 15.4. The summed E-state index contributed by atoms with van der Waals surface area (Å²) in [7, 11) is 0. The maximum absolute atomic E-state index is 4.45. The molecule has 0 saturated carbocycles. The van der Waals surface area contributed by atoms with Gasteiger partial charge in [0.1, 0.15) is 0 Å². The summed E-state index contributed by atoms with van der Waals surface area (Å²) in [6, 6.07) is 8.09. The fourth-order valence-electron chi connectivity index (χ4n) is 2.16. The van der Waals surface area contributed by atoms with Crippen LogP contribution < -0.4 is 0 Å². The molecular formula is C17H16N4S. The molecule has 0 aliphatic heterocycles. The summed E-state index contributed by atoms with van der Waals surface area (Å²) < 4.78 is 0. The number of thioether (sulfide) groups is 1. The van der Waals surface area contributed by atoms with Crippen molar-refractivity contribution in [3.63, 3.8) is 0 Å². The van der Waals surface area contributed by atoms with Crippen molar-refractivity contribution in [1.29, 1.82) is 0 Å². The molecular weight excluding hydrogens is 292 g/mol. The molecule has 110 valence electrons. The maximum Gasteiger partial charge on any atom is 0.188 e. The first kappa shape index (κ1) is 14.7. The second-order valence-corrected chi connectivity index (χ2v) is 5.99. The number of hydrogen-bond donors (Lipinski definition) is 0. The van der Waals surface area contributed by atoms with Gasteiger partial charge >= 0.3 is 0 Å². The lowest BCUT2D eigenvalue weighted by molar-refractivity contribution is 0.902. The van der Waals surface area contributed by atoms with Crippen LogP contribution in [0.4, 0.5) is 0 Å². The molecule has 0 spiro atoms. The molecule has 0 atom stereocenters. The van der Waals surface area contributed by atoms with Gasteiger partial charge in [-0.3, -0.25) is 9.97 Å². The summed E-state index contributed by atoms with van der Waals surface area (Å²) >= 11 is 1.63. The molecule has 0 unspecified atom stereocenters. The number of nitrogens with zero attached hydrogens (tertiary/aromatic N) is 4. The largest absolute Gasteiger partial charge is 0.264 e. The highest BCUT2D eigenvalue weighted by Gasteiger charge is 2.04. The Balaban J connectivity index is 1.76. The van der Waals surface area contributed by atoms with Gasteiger partial charge in [0.05, 0.1) is 0 Å². The van der Waals surface area contributed by atoms with Gasteiger partial charge in [-0.15, -0.1) is 0 Å². The van der Waals surface area contributed by atoms with Gasteiger partial charge in [0.25, 0.3) is 0 Å². The normalized spacial score (nSPS) is 10.6. The van der Waals surface area contributed by atoms with Gasteiger partial charge in [-0.05, 0) is 37.6 Å². The van der Waals surface area contributed by atoms with Gasteiger partial charge in [0.2, 0.25) is 0 Å². The lowest BCUT2D eigenvalue weighted by Gasteiger charge is -2.05. The van der Waals surface area contributed by atoms with Crippen molar-refractivity contribution in [2.45, 2.75) is 24.8 Å². The smallest absolute Gasteiger partial charge is 0.188 e. The van der Waals surface area contributed by atoms with E-state index in [2.05, 4.69) is 26.0 Å². The number of aryl methyl sites for hydroxylation is 2. The van der Waals surface area contributed by atoms with Crippen molar-refractivity contribution >= 4 is 11.8 Å². The van der Waals surface area contributed by atoms with Crippen LogP contribution in [0.25, 0.3) is 11.1 Å². The van der Waals surface area contributed by atoms with Gasteiger partial charge in [-0.2, -0.15) is 0 Å². The van der Waals surface area contributed by atoms with E-state index in [0.717, 1.165) is 39.0 Å². The number of rotatable bonds is 4. The third kappa shape index (κ3) is 3.68. The van der Waals surface area contributed by atoms with E-state index in [4.69, 9.17) is 0 Å². The fourth-order valence-corrected chi connectivity index (χ4v) is 3.03. The van der Waals surface area contributed by atoms with Crippen LogP contribution in [-0.2, 0) is 5.75 Å². The van der Waals surface area contributed by atoms with Crippen LogP contribution in [0.2, 0.25) is 0 Å². The van der Waals surface area contributed by atoms with Gasteiger partial charge in [-0.25, -0.2) is 9.97 Å². The summed E-state index contributed by atoms with van der Waals surface area (Å²) in [6.45, 7) is 3.98. The second kappa shape index (κ2) is 6.66. The molecule has 0 aromatic carbocycles. The second-order valence-electron chi connectivity index (χ2n) is 5.05. The summed E-state index contributed by atoms with van der Waals surface area (Å²) in [4.78, 5) is 17.4. The van der Waals surface area contributed by atoms with E-state index in [1.807, 2.05) is 50.6 Å². The van der Waals surface area contributed by atoms with Crippen LogP contribution >= 0.6 is 11.8 Å². The molecule has 0 fully saturated rings. The van der Waals surface area contributed by atoms with Gasteiger partial charge in [0, 0.05) is 53.1 Å². The third-order valence-corrected chi connectivity index (χ3v) is 4.04. The zero-order valence-corrected chi connectivity index (χ0v) is 13.3. The molecule has 3 rings (SSSR count). The summed E-state index contributed by atoms with van der Waals surface area (Å²) in [5, 5.41) is 0.810. The standard InChI is InChI=1S/C17H16N4S/c1-12-6-13(2)21-17(20-12)22-11-14-7-16(10-19-8-14)15-4-3-5-18-9-15/h3-10H,11H2,1-2H3. The van der Waals surface area contributed by atoms with Crippen molar-refractivity contribution in [2.24, 2.45) is 0 Å². The summed E-state index contributed by atoms with van der Waals surface area (Å²) in [5.41, 5.74) is 5.29. The van der Waals surface area contributed by atoms with Crippen molar-refractivity contribution in [3.05, 3.63) is 66.0 Å². The topological polar surface area (TPSA) is 51.6 Å². The van der Waals surface area contributed by atoms with E-state index in [0.29, 0.717) is 0 Å². The van der Waals surface area contributed by atoms with Crippen molar-refractivity contribution in [2.75, 3.05) is 0 Å². The van der Waals surface area contributed by atoms with E-state index in [1.165, 1.54) is 0 Å². The monoisotopic (exact) mass is 308 g/mol. The molecule has 0 aliphatic carbocycles. The Hall–Kier alpha value is -2.27. The van der Waals surface area contributed by atoms with Gasteiger partial charge in [-0.1, -0.05) is 17.8 Å². The molecule has 0 aliphatic rings. The highest BCUT2D eigenvalue weighted by molar-refractivity contribution is 7.98. The predicted molar refractivity (Wildman–Crippen MR) is 88.5 cm³/mol. The van der Waals surface area contributed by atoms with E-state index in [1.54, 1.807) is 18.0 Å². The van der Waals surface area contributed by atoms with Crippen LogP contribution in [0.3, 0.4) is 0 Å². The molecule has 3 aromatic rings. The van der Waals surface area contributed by atoms with E-state index in [-0.39, 0.29) is 0 Å². The quantitative estimate of drug-likeness (QED) is 0.541. The maximum atomic E-state index is 4.45. The Morgan fingerprint density at radius 2 is 1.68 bits per heavy atom. The Morgan fingerprint density at radius 1 is 0.909 bits per heavy atom. The number of pyridine rings is 2. The molecule has 0 saturated heterocycles. The number of aromatic nitrogens is 4. The van der Waals surface area contributed by atoms with Crippen LogP contribution in [-0.4, -0.2) is 19.9 Å². The molecule has 4 nitrogen and oxygen atoms in total. The van der Waals surface area contributed by atoms with Crippen LogP contribution in [0, 0.1) is 13.8 Å². The zero-order valence-electron chi connectivity index (χ0n) is 12.5. The molecule has 0 N–H and O–H groups in total. The van der Waals surface area contributed by atoms with E-state index < -0.39 is 0 Å². The van der Waals surface area contributed by atoms with Crippen molar-refractivity contribution in [3.8, 4) is 11.1 Å².